The molecule has 6 heteroatoms. The number of benzene rings is 1. The van der Waals surface area contributed by atoms with Gasteiger partial charge in [-0.25, -0.2) is 4.68 Å². The lowest BCUT2D eigenvalue weighted by Crippen LogP contribution is -2.16. The van der Waals surface area contributed by atoms with E-state index in [0.717, 1.165) is 0 Å². The molecule has 0 unspecified atom stereocenters. The molecule has 2 heterocycles. The Balaban J connectivity index is 1.78. The van der Waals surface area contributed by atoms with E-state index in [1.165, 1.54) is 10.4 Å². The number of aromatic nitrogens is 2. The van der Waals surface area contributed by atoms with Crippen molar-refractivity contribution < 1.29 is 4.79 Å². The maximum absolute atomic E-state index is 12.3. The third-order valence-electron chi connectivity index (χ3n) is 3.47. The standard InChI is InChI=1S/C17H14N4OS/c1-12-6-8-23-15(12)11-21-16(5-7-19-21)20-17(22)14-4-2-3-13(9-14)10-18/h2-9H,11H2,1H3,(H,20,22). The fraction of sp³-hybridized carbons (Fsp3) is 0.118. The second-order valence-electron chi connectivity index (χ2n) is 5.05. The van der Waals surface area contributed by atoms with Gasteiger partial charge in [0.1, 0.15) is 5.82 Å². The van der Waals surface area contributed by atoms with Crippen molar-refractivity contribution in [2.75, 3.05) is 5.32 Å². The molecule has 1 N–H and O–H groups in total. The molecule has 1 amide bonds. The minimum absolute atomic E-state index is 0.258. The predicted molar refractivity (Wildman–Crippen MR) is 89.5 cm³/mol. The molecule has 3 aromatic rings. The number of hydrogen-bond acceptors (Lipinski definition) is 4. The molecule has 5 nitrogen and oxygen atoms in total. The zero-order valence-electron chi connectivity index (χ0n) is 12.5. The normalized spacial score (nSPS) is 10.3. The van der Waals surface area contributed by atoms with Gasteiger partial charge in [-0.15, -0.1) is 11.3 Å². The number of carbonyl (C=O) groups excluding carboxylic acids is 1. The van der Waals surface area contributed by atoms with Gasteiger partial charge >= 0.3 is 0 Å². The molecule has 0 aliphatic rings. The Morgan fingerprint density at radius 2 is 2.26 bits per heavy atom. The molecule has 0 aliphatic carbocycles. The van der Waals surface area contributed by atoms with Crippen molar-refractivity contribution in [1.29, 1.82) is 5.26 Å². The van der Waals surface area contributed by atoms with Crippen LogP contribution in [0, 0.1) is 18.3 Å². The molecule has 114 valence electrons. The van der Waals surface area contributed by atoms with E-state index < -0.39 is 0 Å². The molecule has 0 bridgehead atoms. The monoisotopic (exact) mass is 322 g/mol. The summed E-state index contributed by atoms with van der Waals surface area (Å²) < 4.78 is 1.75. The highest BCUT2D eigenvalue weighted by Crippen LogP contribution is 2.19. The minimum Gasteiger partial charge on any atom is -0.307 e. The van der Waals surface area contributed by atoms with Crippen molar-refractivity contribution in [3.05, 3.63) is 69.5 Å². The van der Waals surface area contributed by atoms with Gasteiger partial charge in [-0.2, -0.15) is 10.4 Å². The van der Waals surface area contributed by atoms with E-state index in [2.05, 4.69) is 23.4 Å². The van der Waals surface area contributed by atoms with E-state index in [1.807, 2.05) is 11.4 Å². The molecule has 1 aromatic carbocycles. The zero-order chi connectivity index (χ0) is 16.2. The highest BCUT2D eigenvalue weighted by atomic mass is 32.1. The first kappa shape index (κ1) is 15.0. The van der Waals surface area contributed by atoms with Crippen molar-refractivity contribution in [2.45, 2.75) is 13.5 Å². The van der Waals surface area contributed by atoms with Crippen LogP contribution >= 0.6 is 11.3 Å². The number of nitrogens with zero attached hydrogens (tertiary/aromatic N) is 3. The average molecular weight is 322 g/mol. The SMILES string of the molecule is Cc1ccsc1Cn1nccc1NC(=O)c1cccc(C#N)c1. The number of hydrogen-bond donors (Lipinski definition) is 1. The summed E-state index contributed by atoms with van der Waals surface area (Å²) in [5.41, 5.74) is 2.12. The van der Waals surface area contributed by atoms with Crippen LogP contribution in [0.3, 0.4) is 0 Å². The molecule has 0 radical (unpaired) electrons. The van der Waals surface area contributed by atoms with Crippen molar-refractivity contribution in [3.8, 4) is 6.07 Å². The first-order valence-electron chi connectivity index (χ1n) is 7.03. The van der Waals surface area contributed by atoms with Gasteiger partial charge in [0.2, 0.25) is 0 Å². The molecule has 0 saturated heterocycles. The van der Waals surface area contributed by atoms with Gasteiger partial charge in [-0.3, -0.25) is 4.79 Å². The topological polar surface area (TPSA) is 70.7 Å². The third kappa shape index (κ3) is 3.30. The van der Waals surface area contributed by atoms with Crippen LogP contribution in [-0.4, -0.2) is 15.7 Å². The summed E-state index contributed by atoms with van der Waals surface area (Å²) in [6, 6.07) is 12.5. The Bertz CT molecular complexity index is 888. The van der Waals surface area contributed by atoms with Crippen molar-refractivity contribution in [2.24, 2.45) is 0 Å². The molecular formula is C17H14N4OS. The summed E-state index contributed by atoms with van der Waals surface area (Å²) in [5, 5.41) is 18.1. The smallest absolute Gasteiger partial charge is 0.256 e. The second-order valence-corrected chi connectivity index (χ2v) is 6.05. The van der Waals surface area contributed by atoms with Crippen LogP contribution in [0.1, 0.15) is 26.4 Å². The zero-order valence-corrected chi connectivity index (χ0v) is 13.3. The van der Waals surface area contributed by atoms with Crippen LogP contribution in [0.25, 0.3) is 0 Å². The number of thiophene rings is 1. The quantitative estimate of drug-likeness (QED) is 0.800. The van der Waals surface area contributed by atoms with Crippen LogP contribution in [0.2, 0.25) is 0 Å². The van der Waals surface area contributed by atoms with E-state index in [4.69, 9.17) is 5.26 Å². The number of rotatable bonds is 4. The van der Waals surface area contributed by atoms with Crippen molar-refractivity contribution in [3.63, 3.8) is 0 Å². The van der Waals surface area contributed by atoms with Gasteiger partial charge in [0, 0.05) is 16.5 Å². The largest absolute Gasteiger partial charge is 0.307 e. The Morgan fingerprint density at radius 1 is 1.39 bits per heavy atom. The second kappa shape index (κ2) is 6.46. The molecule has 0 spiro atoms. The summed E-state index contributed by atoms with van der Waals surface area (Å²) in [4.78, 5) is 13.5. The van der Waals surface area contributed by atoms with E-state index in [9.17, 15) is 4.79 Å². The lowest BCUT2D eigenvalue weighted by molar-refractivity contribution is 0.102. The van der Waals surface area contributed by atoms with Crippen LogP contribution in [-0.2, 0) is 6.54 Å². The maximum Gasteiger partial charge on any atom is 0.256 e. The van der Waals surface area contributed by atoms with Gasteiger partial charge in [0.25, 0.3) is 5.91 Å². The Kier molecular flexibility index (Phi) is 4.22. The van der Waals surface area contributed by atoms with Crippen molar-refractivity contribution >= 4 is 23.1 Å². The average Bonchev–Trinajstić information content (AvgIpc) is 3.17. The fourth-order valence-electron chi connectivity index (χ4n) is 2.19. The Hall–Kier alpha value is -2.91. The van der Waals surface area contributed by atoms with Gasteiger partial charge in [0.15, 0.2) is 0 Å². The highest BCUT2D eigenvalue weighted by Gasteiger charge is 2.11. The van der Waals surface area contributed by atoms with Gasteiger partial charge < -0.3 is 5.32 Å². The van der Waals surface area contributed by atoms with Crippen LogP contribution in [0.15, 0.2) is 48.0 Å². The number of anilines is 1. The van der Waals surface area contributed by atoms with E-state index in [-0.39, 0.29) is 5.91 Å². The molecule has 3 rings (SSSR count). The molecule has 0 fully saturated rings. The maximum atomic E-state index is 12.3. The number of aryl methyl sites for hydroxylation is 1. The molecule has 2 aromatic heterocycles. The summed E-state index contributed by atoms with van der Waals surface area (Å²) in [5.74, 6) is 0.372. The fourth-order valence-corrected chi connectivity index (χ4v) is 3.07. The van der Waals surface area contributed by atoms with Crippen LogP contribution in [0.5, 0.6) is 0 Å². The van der Waals surface area contributed by atoms with E-state index in [0.29, 0.717) is 23.5 Å². The first-order valence-corrected chi connectivity index (χ1v) is 7.91. The predicted octanol–water partition coefficient (Wildman–Crippen LogP) is 3.43. The number of nitrogens with one attached hydrogen (secondary N) is 1. The molecule has 0 saturated carbocycles. The lowest BCUT2D eigenvalue weighted by Gasteiger charge is -2.09. The molecule has 23 heavy (non-hydrogen) atoms. The van der Waals surface area contributed by atoms with Gasteiger partial charge in [-0.05, 0) is 42.1 Å². The molecule has 0 atom stereocenters. The highest BCUT2D eigenvalue weighted by molar-refractivity contribution is 7.10. The Labute approximate surface area is 137 Å². The summed E-state index contributed by atoms with van der Waals surface area (Å²) >= 11 is 1.67. The van der Waals surface area contributed by atoms with Gasteiger partial charge in [-0.1, -0.05) is 6.07 Å². The number of nitriles is 1. The first-order chi connectivity index (χ1) is 11.2. The van der Waals surface area contributed by atoms with Gasteiger partial charge in [0.05, 0.1) is 24.4 Å². The Morgan fingerprint density at radius 3 is 3.00 bits per heavy atom. The summed E-state index contributed by atoms with van der Waals surface area (Å²) in [6.45, 7) is 2.67. The summed E-state index contributed by atoms with van der Waals surface area (Å²) in [7, 11) is 0. The summed E-state index contributed by atoms with van der Waals surface area (Å²) in [6.07, 6.45) is 1.66. The minimum atomic E-state index is -0.258. The number of amides is 1. The third-order valence-corrected chi connectivity index (χ3v) is 4.48. The van der Waals surface area contributed by atoms with Crippen LogP contribution < -0.4 is 5.32 Å². The molecular weight excluding hydrogens is 308 g/mol. The van der Waals surface area contributed by atoms with Crippen LogP contribution in [0.4, 0.5) is 5.82 Å². The molecule has 0 aliphatic heterocycles. The lowest BCUT2D eigenvalue weighted by atomic mass is 10.1. The van der Waals surface area contributed by atoms with Crippen molar-refractivity contribution in [1.82, 2.24) is 9.78 Å². The van der Waals surface area contributed by atoms with E-state index in [1.54, 1.807) is 52.5 Å². The number of carbonyl (C=O) groups is 1. The van der Waals surface area contributed by atoms with E-state index >= 15 is 0 Å².